The number of imidazole rings is 1. The van der Waals surface area contributed by atoms with E-state index in [-0.39, 0.29) is 0 Å². The zero-order chi connectivity index (χ0) is 13.2. The lowest BCUT2D eigenvalue weighted by Crippen LogP contribution is -2.14. The molecule has 4 heteroatoms. The smallest absolute Gasteiger partial charge is 0.137 e. The minimum absolute atomic E-state index is 0.409. The first kappa shape index (κ1) is 12.2. The minimum atomic E-state index is -0.409. The van der Waals surface area contributed by atoms with Crippen molar-refractivity contribution in [2.45, 2.75) is 31.9 Å². The number of ether oxygens (including phenoxy) is 1. The summed E-state index contributed by atoms with van der Waals surface area (Å²) in [6, 6.07) is 8.01. The summed E-state index contributed by atoms with van der Waals surface area (Å²) in [6.45, 7) is 0.956. The molecule has 0 saturated heterocycles. The van der Waals surface area contributed by atoms with Crippen LogP contribution in [0.4, 0.5) is 0 Å². The number of aliphatic hydroxyl groups is 1. The highest BCUT2D eigenvalue weighted by atomic mass is 16.5. The van der Waals surface area contributed by atoms with Crippen LogP contribution < -0.4 is 4.74 Å². The number of nitrogens with zero attached hydrogens (tertiary/aromatic N) is 2. The fourth-order valence-corrected chi connectivity index (χ4v) is 2.59. The maximum Gasteiger partial charge on any atom is 0.137 e. The standard InChI is InChI=1S/C15H18N2O2/c1-19-13-5-2-4-11(9-13)8-12-10-17-7-3-6-14(18)15(17)16-12/h2,4-5,9-10,14,18H,3,6-8H2,1H3. The SMILES string of the molecule is COc1cccc(Cc2cn3c(n2)C(O)CCC3)c1. The number of methoxy groups -OCH3 is 1. The molecule has 1 atom stereocenters. The van der Waals surface area contributed by atoms with Crippen LogP contribution in [0.3, 0.4) is 0 Å². The van der Waals surface area contributed by atoms with E-state index < -0.39 is 6.10 Å². The Labute approximate surface area is 112 Å². The van der Waals surface area contributed by atoms with E-state index in [2.05, 4.69) is 21.8 Å². The van der Waals surface area contributed by atoms with Gasteiger partial charge in [-0.3, -0.25) is 0 Å². The molecular formula is C15H18N2O2. The number of benzene rings is 1. The molecule has 19 heavy (non-hydrogen) atoms. The van der Waals surface area contributed by atoms with Crippen LogP contribution in [-0.4, -0.2) is 21.8 Å². The summed E-state index contributed by atoms with van der Waals surface area (Å²) in [6.07, 6.45) is 4.24. The molecule has 1 unspecified atom stereocenters. The van der Waals surface area contributed by atoms with Crippen molar-refractivity contribution < 1.29 is 9.84 Å². The van der Waals surface area contributed by atoms with Crippen LogP contribution >= 0.6 is 0 Å². The van der Waals surface area contributed by atoms with Gasteiger partial charge in [-0.1, -0.05) is 12.1 Å². The molecule has 0 bridgehead atoms. The van der Waals surface area contributed by atoms with Crippen molar-refractivity contribution in [3.8, 4) is 5.75 Å². The highest BCUT2D eigenvalue weighted by Crippen LogP contribution is 2.25. The van der Waals surface area contributed by atoms with Gasteiger partial charge in [0, 0.05) is 19.2 Å². The molecule has 0 saturated carbocycles. The number of aromatic nitrogens is 2. The van der Waals surface area contributed by atoms with Crippen LogP contribution in [0.2, 0.25) is 0 Å². The first-order valence-electron chi connectivity index (χ1n) is 6.63. The van der Waals surface area contributed by atoms with Crippen molar-refractivity contribution in [1.82, 2.24) is 9.55 Å². The van der Waals surface area contributed by atoms with E-state index in [1.165, 1.54) is 5.56 Å². The summed E-state index contributed by atoms with van der Waals surface area (Å²) >= 11 is 0. The minimum Gasteiger partial charge on any atom is -0.497 e. The van der Waals surface area contributed by atoms with Gasteiger partial charge in [0.2, 0.25) is 0 Å². The second-order valence-corrected chi connectivity index (χ2v) is 4.97. The van der Waals surface area contributed by atoms with Crippen LogP contribution in [-0.2, 0) is 13.0 Å². The van der Waals surface area contributed by atoms with Gasteiger partial charge in [-0.2, -0.15) is 0 Å². The molecule has 0 spiro atoms. The van der Waals surface area contributed by atoms with Gasteiger partial charge in [0.15, 0.2) is 0 Å². The monoisotopic (exact) mass is 258 g/mol. The maximum atomic E-state index is 9.92. The number of aryl methyl sites for hydroxylation is 1. The first-order chi connectivity index (χ1) is 9.26. The van der Waals surface area contributed by atoms with Gasteiger partial charge in [0.1, 0.15) is 17.7 Å². The van der Waals surface area contributed by atoms with Crippen LogP contribution in [0.15, 0.2) is 30.5 Å². The van der Waals surface area contributed by atoms with Crippen molar-refractivity contribution in [2.24, 2.45) is 0 Å². The van der Waals surface area contributed by atoms with Gasteiger partial charge in [0.05, 0.1) is 12.8 Å². The van der Waals surface area contributed by atoms with Gasteiger partial charge in [-0.25, -0.2) is 4.98 Å². The van der Waals surface area contributed by atoms with Gasteiger partial charge in [-0.05, 0) is 30.5 Å². The zero-order valence-electron chi connectivity index (χ0n) is 11.0. The van der Waals surface area contributed by atoms with Crippen molar-refractivity contribution in [3.05, 3.63) is 47.5 Å². The second kappa shape index (κ2) is 5.05. The van der Waals surface area contributed by atoms with Crippen molar-refractivity contribution in [2.75, 3.05) is 7.11 Å². The summed E-state index contributed by atoms with van der Waals surface area (Å²) < 4.78 is 7.30. The molecule has 0 aliphatic carbocycles. The van der Waals surface area contributed by atoms with Crippen molar-refractivity contribution in [1.29, 1.82) is 0 Å². The normalized spacial score (nSPS) is 18.1. The molecule has 0 amide bonds. The molecule has 0 radical (unpaired) electrons. The molecule has 3 rings (SSSR count). The zero-order valence-corrected chi connectivity index (χ0v) is 11.0. The van der Waals surface area contributed by atoms with Gasteiger partial charge in [0.25, 0.3) is 0 Å². The van der Waals surface area contributed by atoms with Crippen LogP contribution in [0.1, 0.15) is 36.0 Å². The van der Waals surface area contributed by atoms with E-state index in [9.17, 15) is 5.11 Å². The fraction of sp³-hybridized carbons (Fsp3) is 0.400. The summed E-state index contributed by atoms with van der Waals surface area (Å²) in [5.74, 6) is 1.67. The predicted molar refractivity (Wildman–Crippen MR) is 72.2 cm³/mol. The largest absolute Gasteiger partial charge is 0.497 e. The molecular weight excluding hydrogens is 240 g/mol. The fourth-order valence-electron chi connectivity index (χ4n) is 2.59. The molecule has 2 heterocycles. The van der Waals surface area contributed by atoms with Crippen LogP contribution in [0, 0.1) is 0 Å². The number of fused-ring (bicyclic) bond motifs is 1. The second-order valence-electron chi connectivity index (χ2n) is 4.97. The van der Waals surface area contributed by atoms with Crippen molar-refractivity contribution in [3.63, 3.8) is 0 Å². The molecule has 1 N–H and O–H groups in total. The van der Waals surface area contributed by atoms with Crippen LogP contribution in [0.5, 0.6) is 5.75 Å². The van der Waals surface area contributed by atoms with Gasteiger partial charge in [-0.15, -0.1) is 0 Å². The number of hydrogen-bond donors (Lipinski definition) is 1. The third-order valence-corrected chi connectivity index (χ3v) is 3.55. The average Bonchev–Trinajstić information content (AvgIpc) is 2.83. The Hall–Kier alpha value is -1.81. The molecule has 1 aromatic carbocycles. The highest BCUT2D eigenvalue weighted by molar-refractivity contribution is 5.31. The topological polar surface area (TPSA) is 47.3 Å². The highest BCUT2D eigenvalue weighted by Gasteiger charge is 2.20. The third-order valence-electron chi connectivity index (χ3n) is 3.55. The Balaban J connectivity index is 1.83. The number of aliphatic hydroxyl groups excluding tert-OH is 1. The number of rotatable bonds is 3. The first-order valence-corrected chi connectivity index (χ1v) is 6.63. The quantitative estimate of drug-likeness (QED) is 0.919. The Morgan fingerprint density at radius 2 is 2.37 bits per heavy atom. The van der Waals surface area contributed by atoms with E-state index in [4.69, 9.17) is 4.74 Å². The summed E-state index contributed by atoms with van der Waals surface area (Å²) in [7, 11) is 1.67. The molecule has 1 aliphatic heterocycles. The molecule has 4 nitrogen and oxygen atoms in total. The Morgan fingerprint density at radius 1 is 1.47 bits per heavy atom. The van der Waals surface area contributed by atoms with Gasteiger partial charge >= 0.3 is 0 Å². The van der Waals surface area contributed by atoms with Gasteiger partial charge < -0.3 is 14.4 Å². The van der Waals surface area contributed by atoms with E-state index in [1.54, 1.807) is 7.11 Å². The molecule has 1 aromatic heterocycles. The Morgan fingerprint density at radius 3 is 3.16 bits per heavy atom. The summed E-state index contributed by atoms with van der Waals surface area (Å²) in [4.78, 5) is 4.55. The molecule has 100 valence electrons. The summed E-state index contributed by atoms with van der Waals surface area (Å²) in [5, 5.41) is 9.92. The lowest BCUT2D eigenvalue weighted by atomic mass is 10.1. The maximum absolute atomic E-state index is 9.92. The Kier molecular flexibility index (Phi) is 3.25. The predicted octanol–water partition coefficient (Wildman–Crippen LogP) is 2.31. The molecule has 2 aromatic rings. The molecule has 1 aliphatic rings. The lowest BCUT2D eigenvalue weighted by molar-refractivity contribution is 0.133. The third kappa shape index (κ3) is 2.49. The van der Waals surface area contributed by atoms with E-state index in [0.717, 1.165) is 43.1 Å². The average molecular weight is 258 g/mol. The van der Waals surface area contributed by atoms with Crippen LogP contribution in [0.25, 0.3) is 0 Å². The van der Waals surface area contributed by atoms with E-state index in [1.807, 2.05) is 18.2 Å². The Bertz CT molecular complexity index is 577. The summed E-state index contributed by atoms with van der Waals surface area (Å²) in [5.41, 5.74) is 2.17. The lowest BCUT2D eigenvalue weighted by Gasteiger charge is -2.18. The van der Waals surface area contributed by atoms with Crippen molar-refractivity contribution >= 4 is 0 Å². The molecule has 0 fully saturated rings. The van der Waals surface area contributed by atoms with E-state index in [0.29, 0.717) is 0 Å². The van der Waals surface area contributed by atoms with E-state index >= 15 is 0 Å². The number of hydrogen-bond acceptors (Lipinski definition) is 3.